The average molecular weight is 417 g/mol. The van der Waals surface area contributed by atoms with Gasteiger partial charge in [-0.2, -0.15) is 0 Å². The Bertz CT molecular complexity index is 1160. The third-order valence-corrected chi connectivity index (χ3v) is 6.03. The number of aryl methyl sites for hydroxylation is 2. The van der Waals surface area contributed by atoms with Gasteiger partial charge in [-0.3, -0.25) is 9.89 Å². The van der Waals surface area contributed by atoms with E-state index in [4.69, 9.17) is 0 Å². The standard InChI is InChI=1S/C24H24N4OS/c1-16-9-11-20(12-10-16)23-25-24(27-26-23)30-15-22(29)21-13-17(2)28(18(21)3)14-19-7-5-4-6-8-19/h4-13H,14-15H2,1-3H3,(H,25,26,27). The summed E-state index contributed by atoms with van der Waals surface area (Å²) in [7, 11) is 0. The third-order valence-electron chi connectivity index (χ3n) is 5.18. The van der Waals surface area contributed by atoms with Gasteiger partial charge < -0.3 is 4.57 Å². The van der Waals surface area contributed by atoms with Crippen molar-refractivity contribution in [3.8, 4) is 11.4 Å². The van der Waals surface area contributed by atoms with E-state index in [-0.39, 0.29) is 5.78 Å². The zero-order valence-electron chi connectivity index (χ0n) is 17.3. The van der Waals surface area contributed by atoms with E-state index in [0.717, 1.165) is 29.1 Å². The summed E-state index contributed by atoms with van der Waals surface area (Å²) in [5, 5.41) is 7.79. The maximum atomic E-state index is 12.9. The number of carbonyl (C=O) groups excluding carboxylic acids is 1. The van der Waals surface area contributed by atoms with Gasteiger partial charge in [0, 0.05) is 29.1 Å². The number of Topliss-reactive ketones (excluding diaryl/α,β-unsaturated/α-hetero) is 1. The van der Waals surface area contributed by atoms with Crippen molar-refractivity contribution in [2.45, 2.75) is 32.5 Å². The molecule has 5 nitrogen and oxygen atoms in total. The van der Waals surface area contributed by atoms with Gasteiger partial charge in [0.05, 0.1) is 5.75 Å². The Balaban J connectivity index is 1.43. The van der Waals surface area contributed by atoms with Gasteiger partial charge in [-0.1, -0.05) is 71.9 Å². The molecule has 0 atom stereocenters. The minimum atomic E-state index is 0.0918. The summed E-state index contributed by atoms with van der Waals surface area (Å²) < 4.78 is 2.19. The monoisotopic (exact) mass is 416 g/mol. The van der Waals surface area contributed by atoms with Crippen LogP contribution in [0.15, 0.2) is 65.8 Å². The van der Waals surface area contributed by atoms with Crippen LogP contribution in [-0.4, -0.2) is 31.3 Å². The molecule has 30 heavy (non-hydrogen) atoms. The first kappa shape index (κ1) is 20.2. The second-order valence-corrected chi connectivity index (χ2v) is 8.34. The summed E-state index contributed by atoms with van der Waals surface area (Å²) in [5.41, 5.74) is 6.25. The lowest BCUT2D eigenvalue weighted by Gasteiger charge is -2.09. The van der Waals surface area contributed by atoms with Gasteiger partial charge in [0.25, 0.3) is 0 Å². The quantitative estimate of drug-likeness (QED) is 0.331. The van der Waals surface area contributed by atoms with Crippen LogP contribution in [-0.2, 0) is 6.54 Å². The summed E-state index contributed by atoms with van der Waals surface area (Å²) in [6, 6.07) is 20.4. The normalized spacial score (nSPS) is 11.0. The van der Waals surface area contributed by atoms with Crippen molar-refractivity contribution in [2.75, 3.05) is 5.75 Å². The van der Waals surface area contributed by atoms with Crippen molar-refractivity contribution in [3.05, 3.63) is 88.7 Å². The molecule has 0 saturated carbocycles. The Hall–Kier alpha value is -3.12. The van der Waals surface area contributed by atoms with Crippen molar-refractivity contribution in [2.24, 2.45) is 0 Å². The molecule has 0 aliphatic heterocycles. The second kappa shape index (κ2) is 8.71. The first-order valence-corrected chi connectivity index (χ1v) is 10.9. The number of hydrogen-bond acceptors (Lipinski definition) is 4. The highest BCUT2D eigenvalue weighted by Crippen LogP contribution is 2.23. The summed E-state index contributed by atoms with van der Waals surface area (Å²) in [5.74, 6) is 1.11. The molecular formula is C24H24N4OS. The van der Waals surface area contributed by atoms with Crippen LogP contribution in [0, 0.1) is 20.8 Å². The Morgan fingerprint density at radius 1 is 1.03 bits per heavy atom. The molecule has 0 bridgehead atoms. The highest BCUT2D eigenvalue weighted by atomic mass is 32.2. The van der Waals surface area contributed by atoms with Gasteiger partial charge >= 0.3 is 0 Å². The zero-order chi connectivity index (χ0) is 21.1. The van der Waals surface area contributed by atoms with Crippen molar-refractivity contribution < 1.29 is 4.79 Å². The lowest BCUT2D eigenvalue weighted by atomic mass is 10.1. The molecule has 2 aromatic heterocycles. The van der Waals surface area contributed by atoms with Gasteiger partial charge in [-0.05, 0) is 32.4 Å². The molecule has 1 N–H and O–H groups in total. The number of aromatic amines is 1. The van der Waals surface area contributed by atoms with E-state index >= 15 is 0 Å². The molecule has 2 aromatic carbocycles. The Morgan fingerprint density at radius 2 is 1.77 bits per heavy atom. The summed E-state index contributed by atoms with van der Waals surface area (Å²) in [6.07, 6.45) is 0. The van der Waals surface area contributed by atoms with Crippen LogP contribution in [0.3, 0.4) is 0 Å². The molecule has 0 amide bonds. The van der Waals surface area contributed by atoms with E-state index in [1.54, 1.807) is 0 Å². The summed E-state index contributed by atoms with van der Waals surface area (Å²) >= 11 is 1.36. The second-order valence-electron chi connectivity index (χ2n) is 7.40. The van der Waals surface area contributed by atoms with Crippen molar-refractivity contribution in [1.29, 1.82) is 0 Å². The Labute approximate surface area is 180 Å². The third kappa shape index (κ3) is 4.39. The van der Waals surface area contributed by atoms with E-state index in [2.05, 4.69) is 31.9 Å². The van der Waals surface area contributed by atoms with E-state index < -0.39 is 0 Å². The minimum absolute atomic E-state index is 0.0918. The first-order chi connectivity index (χ1) is 14.5. The fraction of sp³-hybridized carbons (Fsp3) is 0.208. The van der Waals surface area contributed by atoms with E-state index in [1.807, 2.05) is 69.3 Å². The molecule has 0 aliphatic carbocycles. The van der Waals surface area contributed by atoms with Crippen LogP contribution >= 0.6 is 11.8 Å². The molecule has 0 aliphatic rings. The van der Waals surface area contributed by atoms with Crippen LogP contribution in [0.4, 0.5) is 0 Å². The Morgan fingerprint density at radius 3 is 2.50 bits per heavy atom. The lowest BCUT2D eigenvalue weighted by molar-refractivity contribution is 0.102. The van der Waals surface area contributed by atoms with Crippen LogP contribution in [0.25, 0.3) is 11.4 Å². The van der Waals surface area contributed by atoms with Gasteiger partial charge in [0.1, 0.15) is 0 Å². The fourth-order valence-electron chi connectivity index (χ4n) is 3.45. The molecule has 2 heterocycles. The van der Waals surface area contributed by atoms with Gasteiger partial charge in [0.2, 0.25) is 5.16 Å². The number of nitrogens with one attached hydrogen (secondary N) is 1. The molecular weight excluding hydrogens is 392 g/mol. The molecule has 0 radical (unpaired) electrons. The van der Waals surface area contributed by atoms with E-state index in [1.165, 1.54) is 22.9 Å². The van der Waals surface area contributed by atoms with E-state index in [9.17, 15) is 4.79 Å². The summed E-state index contributed by atoms with van der Waals surface area (Å²) in [6.45, 7) is 6.87. The van der Waals surface area contributed by atoms with Crippen molar-refractivity contribution in [1.82, 2.24) is 19.7 Å². The molecule has 0 spiro atoms. The number of nitrogens with zero attached hydrogens (tertiary/aromatic N) is 3. The summed E-state index contributed by atoms with van der Waals surface area (Å²) in [4.78, 5) is 17.4. The number of H-pyrrole nitrogens is 1. The van der Waals surface area contributed by atoms with Crippen LogP contribution in [0.2, 0.25) is 0 Å². The van der Waals surface area contributed by atoms with Crippen LogP contribution in [0.5, 0.6) is 0 Å². The number of carbonyl (C=O) groups is 1. The number of thioether (sulfide) groups is 1. The number of rotatable bonds is 7. The maximum Gasteiger partial charge on any atom is 0.209 e. The Kier molecular flexibility index (Phi) is 5.86. The van der Waals surface area contributed by atoms with Crippen molar-refractivity contribution in [3.63, 3.8) is 0 Å². The van der Waals surface area contributed by atoms with Gasteiger partial charge in [-0.25, -0.2) is 4.98 Å². The fourth-order valence-corrected chi connectivity index (χ4v) is 4.13. The highest BCUT2D eigenvalue weighted by Gasteiger charge is 2.17. The highest BCUT2D eigenvalue weighted by molar-refractivity contribution is 7.99. The first-order valence-electron chi connectivity index (χ1n) is 9.87. The minimum Gasteiger partial charge on any atom is -0.344 e. The zero-order valence-corrected chi connectivity index (χ0v) is 18.2. The number of ketones is 1. The molecule has 0 unspecified atom stereocenters. The molecule has 0 saturated heterocycles. The van der Waals surface area contributed by atoms with Crippen molar-refractivity contribution >= 4 is 17.5 Å². The largest absolute Gasteiger partial charge is 0.344 e. The van der Waals surface area contributed by atoms with Crippen LogP contribution in [0.1, 0.15) is 32.9 Å². The van der Waals surface area contributed by atoms with E-state index in [0.29, 0.717) is 16.7 Å². The molecule has 0 fully saturated rings. The molecule has 6 heteroatoms. The number of hydrogen-bond donors (Lipinski definition) is 1. The number of benzene rings is 2. The van der Waals surface area contributed by atoms with Gasteiger partial charge in [0.15, 0.2) is 11.6 Å². The topological polar surface area (TPSA) is 63.6 Å². The molecule has 4 rings (SSSR count). The van der Waals surface area contributed by atoms with Gasteiger partial charge in [-0.15, -0.1) is 5.10 Å². The van der Waals surface area contributed by atoms with Crippen LogP contribution < -0.4 is 0 Å². The molecule has 4 aromatic rings. The number of aromatic nitrogens is 4. The predicted molar refractivity (Wildman–Crippen MR) is 121 cm³/mol. The maximum absolute atomic E-state index is 12.9. The average Bonchev–Trinajstić information content (AvgIpc) is 3.34. The predicted octanol–water partition coefficient (Wildman–Crippen LogP) is 5.22. The lowest BCUT2D eigenvalue weighted by Crippen LogP contribution is -2.07. The smallest absolute Gasteiger partial charge is 0.209 e. The molecule has 152 valence electrons. The SMILES string of the molecule is Cc1ccc(-c2nc(SCC(=O)c3cc(C)n(Cc4ccccc4)c3C)n[nH]2)cc1.